The van der Waals surface area contributed by atoms with Gasteiger partial charge in [-0.3, -0.25) is 0 Å². The quantitative estimate of drug-likeness (QED) is 0.283. The minimum Gasteiger partial charge on any atom is -0.444 e. The molecule has 1 N–H and O–H groups in total. The first-order valence-electron chi connectivity index (χ1n) is 17.1. The lowest BCUT2D eigenvalue weighted by molar-refractivity contribution is -0.392. The lowest BCUT2D eigenvalue weighted by atomic mass is 9.50. The van der Waals surface area contributed by atoms with E-state index in [1.165, 1.54) is 10.4 Å². The molecule has 1 saturated heterocycles. The number of benzene rings is 2. The Labute approximate surface area is 269 Å². The largest absolute Gasteiger partial charge is 0.444 e. The molecule has 244 valence electrons. The molecule has 2 spiro atoms. The Morgan fingerprint density at radius 2 is 1.44 bits per heavy atom. The van der Waals surface area contributed by atoms with E-state index in [0.29, 0.717) is 12.3 Å². The molecular formula is C37H51NO6Si. The summed E-state index contributed by atoms with van der Waals surface area (Å²) in [7, 11) is -2.73. The van der Waals surface area contributed by atoms with Gasteiger partial charge in [-0.25, -0.2) is 4.79 Å². The van der Waals surface area contributed by atoms with E-state index in [9.17, 15) is 4.79 Å². The maximum Gasteiger partial charge on any atom is 0.408 e. The molecule has 6 aliphatic rings. The molecule has 0 aromatic heterocycles. The predicted molar refractivity (Wildman–Crippen MR) is 175 cm³/mol. The fourth-order valence-electron chi connectivity index (χ4n) is 9.73. The van der Waals surface area contributed by atoms with Gasteiger partial charge in [0.05, 0.1) is 6.10 Å². The maximum atomic E-state index is 12.9. The van der Waals surface area contributed by atoms with E-state index in [4.69, 9.17) is 23.7 Å². The van der Waals surface area contributed by atoms with Crippen molar-refractivity contribution in [3.05, 3.63) is 60.7 Å². The van der Waals surface area contributed by atoms with Gasteiger partial charge in [-0.05, 0) is 87.0 Å². The summed E-state index contributed by atoms with van der Waals surface area (Å²) in [6, 6.07) is 21.7. The van der Waals surface area contributed by atoms with Crippen molar-refractivity contribution >= 4 is 24.8 Å². The van der Waals surface area contributed by atoms with E-state index >= 15 is 0 Å². The molecule has 8 heteroatoms. The molecule has 4 atom stereocenters. The standard InChI is InChI=1S/C37H51NO6Si/c1-33(2,3)40-32(39)38-35-22-26-20-27(23-35)37(28(21-26)24-35)42-36(43-44-37)19-13-14-29(25-36)41-45(34(4,5)6,30-15-9-7-10-16-30)31-17-11-8-12-18-31/h7-12,15-18,26-29H,13-14,19-25H2,1-6H3,(H,38,39)/t26?,27?,28?,29-,35?,36-,37?/m1/s1. The van der Waals surface area contributed by atoms with Crippen LogP contribution < -0.4 is 15.7 Å². The van der Waals surface area contributed by atoms with Gasteiger partial charge in [-0.1, -0.05) is 81.4 Å². The summed E-state index contributed by atoms with van der Waals surface area (Å²) in [5, 5.41) is 5.77. The zero-order valence-corrected chi connectivity index (χ0v) is 28.9. The zero-order valence-electron chi connectivity index (χ0n) is 27.9. The molecular weight excluding hydrogens is 582 g/mol. The number of carbonyl (C=O) groups is 1. The van der Waals surface area contributed by atoms with Gasteiger partial charge >= 0.3 is 6.09 Å². The van der Waals surface area contributed by atoms with Crippen molar-refractivity contribution in [2.24, 2.45) is 17.8 Å². The number of amides is 1. The average Bonchev–Trinajstić information content (AvgIpc) is 3.32. The highest BCUT2D eigenvalue weighted by Gasteiger charge is 2.70. The number of nitrogens with one attached hydrogen (secondary N) is 1. The Hall–Kier alpha value is -2.23. The number of rotatable bonds is 5. The van der Waals surface area contributed by atoms with Crippen molar-refractivity contribution in [2.45, 2.75) is 133 Å². The van der Waals surface area contributed by atoms with Gasteiger partial charge in [-0.15, -0.1) is 0 Å². The summed E-state index contributed by atoms with van der Waals surface area (Å²) in [6.45, 7) is 12.7. The maximum absolute atomic E-state index is 12.9. The normalized spacial score (nSPS) is 36.0. The van der Waals surface area contributed by atoms with Crippen LogP contribution in [0.2, 0.25) is 5.04 Å². The van der Waals surface area contributed by atoms with Gasteiger partial charge in [0.2, 0.25) is 11.6 Å². The van der Waals surface area contributed by atoms with Crippen LogP contribution in [0.4, 0.5) is 4.79 Å². The van der Waals surface area contributed by atoms with E-state index in [-0.39, 0.29) is 34.6 Å². The molecule has 5 aliphatic carbocycles. The third kappa shape index (κ3) is 5.48. The fourth-order valence-corrected chi connectivity index (χ4v) is 14.4. The predicted octanol–water partition coefficient (Wildman–Crippen LogP) is 6.98. The van der Waals surface area contributed by atoms with E-state index in [1.807, 2.05) is 20.8 Å². The third-order valence-electron chi connectivity index (χ3n) is 11.1. The highest BCUT2D eigenvalue weighted by atomic mass is 28.4. The summed E-state index contributed by atoms with van der Waals surface area (Å²) >= 11 is 0. The van der Waals surface area contributed by atoms with Crippen LogP contribution in [-0.2, 0) is 23.7 Å². The fraction of sp³-hybridized carbons (Fsp3) is 0.649. The molecule has 2 aromatic carbocycles. The van der Waals surface area contributed by atoms with Crippen molar-refractivity contribution in [1.82, 2.24) is 5.32 Å². The first-order valence-corrected chi connectivity index (χ1v) is 19.0. The van der Waals surface area contributed by atoms with Gasteiger partial charge in [-0.2, -0.15) is 9.78 Å². The lowest BCUT2D eigenvalue weighted by Gasteiger charge is -2.62. The van der Waals surface area contributed by atoms with Crippen molar-refractivity contribution in [1.29, 1.82) is 0 Å². The van der Waals surface area contributed by atoms with E-state index in [1.54, 1.807) is 0 Å². The van der Waals surface area contributed by atoms with Crippen LogP contribution in [0.25, 0.3) is 0 Å². The second-order valence-corrected chi connectivity index (χ2v) is 20.9. The van der Waals surface area contributed by atoms with E-state index in [2.05, 4.69) is 86.8 Å². The van der Waals surface area contributed by atoms with Crippen molar-refractivity contribution in [3.63, 3.8) is 0 Å². The molecule has 1 heterocycles. The SMILES string of the molecule is CC(C)(C)OC(=O)NC12CC3CC(C1)C1(OO[C@@]4(CCC[C@@H](O[Si](c5ccccc5)(c5ccccc5)C(C)(C)C)C4)O1)C(C3)C2. The smallest absolute Gasteiger partial charge is 0.408 e. The Morgan fingerprint density at radius 1 is 0.844 bits per heavy atom. The van der Waals surface area contributed by atoms with E-state index < -0.39 is 25.5 Å². The molecule has 2 aromatic rings. The minimum absolute atomic E-state index is 0.0270. The van der Waals surface area contributed by atoms with Crippen LogP contribution >= 0.6 is 0 Å². The minimum atomic E-state index is -2.73. The van der Waals surface area contributed by atoms with Gasteiger partial charge in [0.15, 0.2) is 0 Å². The molecule has 1 amide bonds. The molecule has 8 rings (SSSR count). The van der Waals surface area contributed by atoms with Crippen LogP contribution in [0.15, 0.2) is 60.7 Å². The van der Waals surface area contributed by atoms with Crippen molar-refractivity contribution in [2.75, 3.05) is 0 Å². The van der Waals surface area contributed by atoms with E-state index in [0.717, 1.165) is 51.4 Å². The molecule has 0 radical (unpaired) electrons. The van der Waals surface area contributed by atoms with Gasteiger partial charge in [0, 0.05) is 30.2 Å². The topological polar surface area (TPSA) is 75.3 Å². The number of alkyl carbamates (subject to hydrolysis) is 1. The van der Waals surface area contributed by atoms with Crippen LogP contribution in [0.3, 0.4) is 0 Å². The zero-order chi connectivity index (χ0) is 31.7. The van der Waals surface area contributed by atoms with Crippen molar-refractivity contribution < 1.29 is 28.5 Å². The van der Waals surface area contributed by atoms with Crippen LogP contribution in [0.1, 0.15) is 99.3 Å². The summed E-state index contributed by atoms with van der Waals surface area (Å²) in [4.78, 5) is 25.7. The second kappa shape index (κ2) is 10.9. The Balaban J connectivity index is 1.13. The number of hydrogen-bond donors (Lipinski definition) is 1. The highest BCUT2D eigenvalue weighted by molar-refractivity contribution is 6.99. The van der Waals surface area contributed by atoms with Crippen LogP contribution in [-0.4, -0.2) is 43.2 Å². The Kier molecular flexibility index (Phi) is 7.61. The molecule has 1 aliphatic heterocycles. The molecule has 45 heavy (non-hydrogen) atoms. The number of carbonyl (C=O) groups excluding carboxylic acids is 1. The summed E-state index contributed by atoms with van der Waals surface area (Å²) < 4.78 is 20.4. The monoisotopic (exact) mass is 633 g/mol. The average molecular weight is 634 g/mol. The summed E-state index contributed by atoms with van der Waals surface area (Å²) in [5.74, 6) is -0.721. The molecule has 7 nitrogen and oxygen atoms in total. The number of hydrogen-bond acceptors (Lipinski definition) is 6. The summed E-state index contributed by atoms with van der Waals surface area (Å²) in [6.07, 6.45) is 7.70. The third-order valence-corrected chi connectivity index (χ3v) is 16.2. The molecule has 6 fully saturated rings. The molecule has 4 bridgehead atoms. The van der Waals surface area contributed by atoms with Crippen LogP contribution in [0.5, 0.6) is 0 Å². The second-order valence-electron chi connectivity index (χ2n) is 16.7. The number of ether oxygens (including phenoxy) is 2. The summed E-state index contributed by atoms with van der Waals surface area (Å²) in [5.41, 5.74) is -0.798. The van der Waals surface area contributed by atoms with Crippen molar-refractivity contribution in [3.8, 4) is 0 Å². The van der Waals surface area contributed by atoms with Gasteiger partial charge < -0.3 is 19.2 Å². The van der Waals surface area contributed by atoms with Crippen LogP contribution in [0, 0.1) is 17.8 Å². The van der Waals surface area contributed by atoms with Gasteiger partial charge in [0.25, 0.3) is 8.32 Å². The Bertz CT molecular complexity index is 1330. The Morgan fingerprint density at radius 3 is 2.00 bits per heavy atom. The first-order chi connectivity index (χ1) is 21.3. The molecule has 2 unspecified atom stereocenters. The van der Waals surface area contributed by atoms with Gasteiger partial charge in [0.1, 0.15) is 5.60 Å². The lowest BCUT2D eigenvalue weighted by Crippen LogP contribution is -2.69. The molecule has 5 saturated carbocycles. The first kappa shape index (κ1) is 31.4. The highest BCUT2D eigenvalue weighted by Crippen LogP contribution is 2.65.